The summed E-state index contributed by atoms with van der Waals surface area (Å²) in [4.78, 5) is 23.3. The normalized spacial score (nSPS) is 16.2. The average Bonchev–Trinajstić information content (AvgIpc) is 3.33. The minimum absolute atomic E-state index is 0.0392. The van der Waals surface area contributed by atoms with Crippen molar-refractivity contribution >= 4 is 40.6 Å². The number of carbonyl (C=O) groups is 2. The molecular weight excluding hydrogens is 420 g/mol. The molecule has 1 amide bonds. The Morgan fingerprint density at radius 3 is 2.67 bits per heavy atom. The summed E-state index contributed by atoms with van der Waals surface area (Å²) in [6, 6.07) is 9.62. The van der Waals surface area contributed by atoms with Crippen LogP contribution in [0.3, 0.4) is 0 Å². The van der Waals surface area contributed by atoms with Crippen molar-refractivity contribution < 1.29 is 19.8 Å². The van der Waals surface area contributed by atoms with Crippen LogP contribution in [0.4, 0.5) is 5.69 Å². The third-order valence-corrected chi connectivity index (χ3v) is 5.98. The van der Waals surface area contributed by atoms with E-state index in [1.807, 2.05) is 12.1 Å². The second kappa shape index (κ2) is 8.90. The zero-order valence-corrected chi connectivity index (χ0v) is 18.8. The molecule has 1 aliphatic heterocycles. The first-order valence-corrected chi connectivity index (χ1v) is 10.8. The molecule has 0 radical (unpaired) electrons. The monoisotopic (exact) mass is 446 g/mol. The van der Waals surface area contributed by atoms with E-state index in [0.717, 1.165) is 12.0 Å². The number of nitrogens with one attached hydrogen (secondary N) is 1. The lowest BCUT2D eigenvalue weighted by molar-refractivity contribution is -0.137. The molecule has 0 saturated heterocycles. The number of phenolic OH excluding ortho intramolecular Hbond substituents is 1. The van der Waals surface area contributed by atoms with Gasteiger partial charge in [-0.1, -0.05) is 30.3 Å². The zero-order valence-electron chi connectivity index (χ0n) is 18.8. The number of carboxylic acids is 1. The number of rotatable bonds is 7. The van der Waals surface area contributed by atoms with Crippen LogP contribution in [0.15, 0.2) is 40.5 Å². The number of hydrazone groups is 2. The number of hydrogen-bond donors (Lipinski definition) is 3. The zero-order chi connectivity index (χ0) is 23.7. The maximum absolute atomic E-state index is 12.6. The summed E-state index contributed by atoms with van der Waals surface area (Å²) in [7, 11) is 0. The van der Waals surface area contributed by atoms with Gasteiger partial charge >= 0.3 is 5.97 Å². The molecule has 8 nitrogen and oxygen atoms in total. The number of aliphatic carboxylic acids is 1. The summed E-state index contributed by atoms with van der Waals surface area (Å²) in [6.45, 7) is 6.04. The highest BCUT2D eigenvalue weighted by molar-refractivity contribution is 6.68. The largest absolute Gasteiger partial charge is 0.505 e. The number of carbonyl (C=O) groups excluding carboxylic acids is 1. The van der Waals surface area contributed by atoms with Gasteiger partial charge in [0.15, 0.2) is 5.71 Å². The summed E-state index contributed by atoms with van der Waals surface area (Å²) in [5.41, 5.74) is 10.4. The number of aromatic hydroxyl groups is 1. The summed E-state index contributed by atoms with van der Waals surface area (Å²) < 4.78 is 0. The van der Waals surface area contributed by atoms with Gasteiger partial charge in [-0.15, -0.1) is 0 Å². The van der Waals surface area contributed by atoms with Gasteiger partial charge in [0, 0.05) is 18.5 Å². The third-order valence-electron chi connectivity index (χ3n) is 5.98. The number of aryl methyl sites for hydroxylation is 2. The molecule has 2 aliphatic rings. The smallest absolute Gasteiger partial charge is 0.303 e. The van der Waals surface area contributed by atoms with Gasteiger partial charge < -0.3 is 10.2 Å². The SMILES string of the molecule is CC1=NN(CCCC(=O)O)C(=O)/C1=N\Nc1cccc(C2=Cc3c(C)ccc(C)c3C2)c1O. The van der Waals surface area contributed by atoms with Crippen molar-refractivity contribution in [2.24, 2.45) is 10.2 Å². The van der Waals surface area contributed by atoms with E-state index in [4.69, 9.17) is 5.11 Å². The van der Waals surface area contributed by atoms with Crippen LogP contribution in [0.1, 0.15) is 47.6 Å². The maximum Gasteiger partial charge on any atom is 0.303 e. The number of phenols is 1. The molecule has 0 fully saturated rings. The summed E-state index contributed by atoms with van der Waals surface area (Å²) >= 11 is 0. The van der Waals surface area contributed by atoms with Gasteiger partial charge in [0.1, 0.15) is 5.75 Å². The van der Waals surface area contributed by atoms with Crippen molar-refractivity contribution in [3.05, 3.63) is 58.1 Å². The molecule has 2 aromatic carbocycles. The molecule has 0 aromatic heterocycles. The third kappa shape index (κ3) is 4.37. The average molecular weight is 447 g/mol. The number of carboxylic acid groups (broad SMARTS) is 1. The van der Waals surface area contributed by atoms with E-state index in [9.17, 15) is 14.7 Å². The molecule has 2 aromatic rings. The van der Waals surface area contributed by atoms with Crippen LogP contribution in [0.5, 0.6) is 5.75 Å². The van der Waals surface area contributed by atoms with E-state index in [1.165, 1.54) is 27.3 Å². The Bertz CT molecular complexity index is 1240. The van der Waals surface area contributed by atoms with Crippen LogP contribution in [0.25, 0.3) is 11.6 Å². The quantitative estimate of drug-likeness (QED) is 0.440. The highest BCUT2D eigenvalue weighted by atomic mass is 16.4. The molecule has 33 heavy (non-hydrogen) atoms. The number of nitrogens with zero attached hydrogens (tertiary/aromatic N) is 3. The minimum Gasteiger partial charge on any atom is -0.505 e. The van der Waals surface area contributed by atoms with Crippen LogP contribution in [-0.4, -0.2) is 45.1 Å². The van der Waals surface area contributed by atoms with Crippen LogP contribution in [-0.2, 0) is 16.0 Å². The number of amides is 1. The summed E-state index contributed by atoms with van der Waals surface area (Å²) in [5, 5.41) is 29.3. The lowest BCUT2D eigenvalue weighted by atomic mass is 9.98. The van der Waals surface area contributed by atoms with E-state index >= 15 is 0 Å². The molecule has 1 aliphatic carbocycles. The standard InChI is InChI=1S/C25H26N4O4/c1-14-9-10-15(2)20-13-17(12-19(14)20)18-6-4-7-21(24(18)32)26-27-23-16(3)28-29(25(23)33)11-5-8-22(30)31/h4,6-7,9-10,12,26,32H,5,8,11,13H2,1-3H3,(H,30,31)/b27-23-. The predicted molar refractivity (Wildman–Crippen MR) is 128 cm³/mol. The number of benzene rings is 2. The van der Waals surface area contributed by atoms with Gasteiger partial charge in [0.05, 0.1) is 11.4 Å². The fraction of sp³-hybridized carbons (Fsp3) is 0.280. The Kier molecular flexibility index (Phi) is 6.00. The number of allylic oxidation sites excluding steroid dienone is 1. The van der Waals surface area contributed by atoms with Crippen molar-refractivity contribution in [1.29, 1.82) is 0 Å². The van der Waals surface area contributed by atoms with E-state index in [0.29, 0.717) is 23.4 Å². The Hall–Kier alpha value is -3.94. The van der Waals surface area contributed by atoms with E-state index < -0.39 is 11.9 Å². The van der Waals surface area contributed by atoms with Crippen LogP contribution < -0.4 is 5.43 Å². The summed E-state index contributed by atoms with van der Waals surface area (Å²) in [5.74, 6) is -1.26. The van der Waals surface area contributed by atoms with E-state index in [1.54, 1.807) is 13.0 Å². The van der Waals surface area contributed by atoms with Gasteiger partial charge in [-0.3, -0.25) is 15.0 Å². The van der Waals surface area contributed by atoms with Gasteiger partial charge in [-0.2, -0.15) is 10.2 Å². The first-order valence-electron chi connectivity index (χ1n) is 10.8. The van der Waals surface area contributed by atoms with Crippen molar-refractivity contribution in [2.45, 2.75) is 40.0 Å². The van der Waals surface area contributed by atoms with E-state index in [-0.39, 0.29) is 24.4 Å². The van der Waals surface area contributed by atoms with Crippen molar-refractivity contribution in [3.63, 3.8) is 0 Å². The first-order chi connectivity index (χ1) is 15.8. The van der Waals surface area contributed by atoms with Gasteiger partial charge in [0.25, 0.3) is 5.91 Å². The number of anilines is 1. The highest BCUT2D eigenvalue weighted by Gasteiger charge is 2.29. The van der Waals surface area contributed by atoms with Crippen molar-refractivity contribution in [2.75, 3.05) is 12.0 Å². The Morgan fingerprint density at radius 2 is 1.94 bits per heavy atom. The lowest BCUT2D eigenvalue weighted by Gasteiger charge is -2.12. The second-order valence-electron chi connectivity index (χ2n) is 8.32. The topological polar surface area (TPSA) is 115 Å². The molecule has 4 rings (SSSR count). The number of fused-ring (bicyclic) bond motifs is 1. The molecule has 1 heterocycles. The first kappa shape index (κ1) is 22.3. The Morgan fingerprint density at radius 1 is 1.18 bits per heavy atom. The van der Waals surface area contributed by atoms with Gasteiger partial charge in [0.2, 0.25) is 0 Å². The Balaban J connectivity index is 1.52. The molecule has 0 spiro atoms. The highest BCUT2D eigenvalue weighted by Crippen LogP contribution is 2.40. The lowest BCUT2D eigenvalue weighted by Crippen LogP contribution is -2.29. The fourth-order valence-corrected chi connectivity index (χ4v) is 4.14. The molecule has 0 bridgehead atoms. The molecule has 3 N–H and O–H groups in total. The van der Waals surface area contributed by atoms with Crippen molar-refractivity contribution in [1.82, 2.24) is 5.01 Å². The van der Waals surface area contributed by atoms with Crippen LogP contribution in [0, 0.1) is 13.8 Å². The van der Waals surface area contributed by atoms with E-state index in [2.05, 4.69) is 47.7 Å². The molecule has 0 saturated carbocycles. The molecular formula is C25H26N4O4. The van der Waals surface area contributed by atoms with Gasteiger partial charge in [-0.05, 0) is 67.5 Å². The fourth-order valence-electron chi connectivity index (χ4n) is 4.14. The molecule has 8 heteroatoms. The van der Waals surface area contributed by atoms with Crippen LogP contribution >= 0.6 is 0 Å². The number of hydrogen-bond acceptors (Lipinski definition) is 6. The second-order valence-corrected chi connectivity index (χ2v) is 8.32. The minimum atomic E-state index is -0.918. The Labute approximate surface area is 191 Å². The molecule has 0 atom stereocenters. The molecule has 0 unspecified atom stereocenters. The maximum atomic E-state index is 12.6. The molecule has 170 valence electrons. The summed E-state index contributed by atoms with van der Waals surface area (Å²) in [6.07, 6.45) is 3.12. The number of para-hydroxylation sites is 1. The van der Waals surface area contributed by atoms with Crippen LogP contribution in [0.2, 0.25) is 0 Å². The predicted octanol–water partition coefficient (Wildman–Crippen LogP) is 3.96. The van der Waals surface area contributed by atoms with Crippen molar-refractivity contribution in [3.8, 4) is 5.75 Å². The van der Waals surface area contributed by atoms with Gasteiger partial charge in [-0.25, -0.2) is 5.01 Å².